The van der Waals surface area contributed by atoms with E-state index in [9.17, 15) is 9.59 Å². The number of esters is 1. The van der Waals surface area contributed by atoms with Gasteiger partial charge in [0.1, 0.15) is 6.54 Å². The molecule has 0 unspecified atom stereocenters. The van der Waals surface area contributed by atoms with Gasteiger partial charge < -0.3 is 10.1 Å². The van der Waals surface area contributed by atoms with Crippen molar-refractivity contribution in [2.75, 3.05) is 18.1 Å². The summed E-state index contributed by atoms with van der Waals surface area (Å²) >= 11 is 2.15. The van der Waals surface area contributed by atoms with Gasteiger partial charge in [0.2, 0.25) is 0 Å². The number of benzene rings is 1. The second kappa shape index (κ2) is 10.1. The molecule has 0 atom stereocenters. The van der Waals surface area contributed by atoms with Crippen molar-refractivity contribution in [3.8, 4) is 0 Å². The van der Waals surface area contributed by atoms with Crippen LogP contribution < -0.4 is 5.32 Å². The van der Waals surface area contributed by atoms with Crippen LogP contribution in [0.4, 0.5) is 0 Å². The summed E-state index contributed by atoms with van der Waals surface area (Å²) in [5, 5.41) is 2.47. The quantitative estimate of drug-likeness (QED) is 0.514. The van der Waals surface area contributed by atoms with Gasteiger partial charge in [0.25, 0.3) is 5.91 Å². The van der Waals surface area contributed by atoms with Gasteiger partial charge in [0.15, 0.2) is 0 Å². The zero-order valence-corrected chi connectivity index (χ0v) is 12.1. The number of hydrogen-bond acceptors (Lipinski definition) is 3. The summed E-state index contributed by atoms with van der Waals surface area (Å²) in [5.74, 6) is -0.703. The number of hydrogen-bond donors (Lipinski definition) is 1. The highest BCUT2D eigenvalue weighted by Gasteiger charge is 2.06. The lowest BCUT2D eigenvalue weighted by Gasteiger charge is -2.04. The molecule has 1 aromatic carbocycles. The average Bonchev–Trinajstić information content (AvgIpc) is 2.40. The minimum Gasteiger partial charge on any atom is -0.465 e. The molecular formula is C12H16INO3. The van der Waals surface area contributed by atoms with Gasteiger partial charge in [-0.3, -0.25) is 9.59 Å². The van der Waals surface area contributed by atoms with Crippen molar-refractivity contribution in [3.63, 3.8) is 0 Å². The number of nitrogens with one attached hydrogen (secondary N) is 1. The molecular weight excluding hydrogens is 333 g/mol. The molecule has 5 heteroatoms. The van der Waals surface area contributed by atoms with Crippen molar-refractivity contribution in [3.05, 3.63) is 35.9 Å². The molecule has 0 radical (unpaired) electrons. The topological polar surface area (TPSA) is 55.4 Å². The minimum atomic E-state index is -0.429. The fraction of sp³-hybridized carbons (Fsp3) is 0.333. The van der Waals surface area contributed by atoms with E-state index in [0.29, 0.717) is 12.2 Å². The Kier molecular flexibility index (Phi) is 9.41. The van der Waals surface area contributed by atoms with E-state index < -0.39 is 5.97 Å². The standard InChI is InChI=1S/C11H13NO3.CH3I/c1-2-15-10(13)8-12-11(14)9-6-4-3-5-7-9;1-2/h3-7H,2,8H2,1H3,(H,12,14);1H3. The monoisotopic (exact) mass is 349 g/mol. The highest BCUT2D eigenvalue weighted by molar-refractivity contribution is 14.1. The molecule has 0 spiro atoms. The van der Waals surface area contributed by atoms with Crippen molar-refractivity contribution in [2.24, 2.45) is 0 Å². The minimum absolute atomic E-state index is 0.0957. The van der Waals surface area contributed by atoms with Crippen LogP contribution in [0.15, 0.2) is 30.3 Å². The molecule has 1 N–H and O–H groups in total. The summed E-state index contributed by atoms with van der Waals surface area (Å²) in [5.41, 5.74) is 0.529. The molecule has 1 aromatic rings. The summed E-state index contributed by atoms with van der Waals surface area (Å²) in [6.07, 6.45) is 0. The first-order chi connectivity index (χ1) is 8.24. The molecule has 17 heavy (non-hydrogen) atoms. The normalized spacial score (nSPS) is 8.65. The molecule has 0 heterocycles. The van der Waals surface area contributed by atoms with Crippen LogP contribution in [0.5, 0.6) is 0 Å². The number of carbonyl (C=O) groups excluding carboxylic acids is 2. The maximum Gasteiger partial charge on any atom is 0.325 e. The third kappa shape index (κ3) is 6.93. The number of halogens is 1. The van der Waals surface area contributed by atoms with Crippen molar-refractivity contribution >= 4 is 34.5 Å². The summed E-state index contributed by atoms with van der Waals surface area (Å²) in [6.45, 7) is 1.94. The SMILES string of the molecule is CCOC(=O)CNC(=O)c1ccccc1.CI. The van der Waals surface area contributed by atoms with Crippen molar-refractivity contribution in [1.82, 2.24) is 5.32 Å². The van der Waals surface area contributed by atoms with E-state index in [4.69, 9.17) is 0 Å². The Balaban J connectivity index is 0.00000121. The highest BCUT2D eigenvalue weighted by atomic mass is 127. The molecule has 1 amide bonds. The Labute approximate surface area is 115 Å². The fourth-order valence-electron chi connectivity index (χ4n) is 1.06. The van der Waals surface area contributed by atoms with Gasteiger partial charge in [-0.15, -0.1) is 0 Å². The molecule has 0 aliphatic carbocycles. The predicted octanol–water partition coefficient (Wildman–Crippen LogP) is 2.03. The van der Waals surface area contributed by atoms with Gasteiger partial charge >= 0.3 is 5.97 Å². The van der Waals surface area contributed by atoms with Gasteiger partial charge in [0.05, 0.1) is 6.61 Å². The van der Waals surface area contributed by atoms with Crippen molar-refractivity contribution in [1.29, 1.82) is 0 Å². The third-order valence-corrected chi connectivity index (χ3v) is 1.73. The van der Waals surface area contributed by atoms with Gasteiger partial charge in [-0.25, -0.2) is 0 Å². The molecule has 1 rings (SSSR count). The Morgan fingerprint density at radius 1 is 1.24 bits per heavy atom. The second-order valence-electron chi connectivity index (χ2n) is 2.85. The van der Waals surface area contributed by atoms with Crippen LogP contribution in [0.2, 0.25) is 0 Å². The number of amides is 1. The lowest BCUT2D eigenvalue weighted by atomic mass is 10.2. The molecule has 0 bridgehead atoms. The second-order valence-corrected chi connectivity index (χ2v) is 2.85. The lowest BCUT2D eigenvalue weighted by Crippen LogP contribution is -2.30. The Hall–Kier alpha value is -1.11. The Bertz CT molecular complexity index is 341. The van der Waals surface area contributed by atoms with Crippen molar-refractivity contribution in [2.45, 2.75) is 6.92 Å². The summed E-state index contributed by atoms with van der Waals surface area (Å²) in [6, 6.07) is 8.71. The van der Waals surface area contributed by atoms with Crippen LogP contribution >= 0.6 is 22.6 Å². The van der Waals surface area contributed by atoms with Gasteiger partial charge in [-0.05, 0) is 24.0 Å². The number of rotatable bonds is 4. The third-order valence-electron chi connectivity index (χ3n) is 1.73. The molecule has 0 saturated heterocycles. The Morgan fingerprint density at radius 3 is 2.35 bits per heavy atom. The van der Waals surface area contributed by atoms with Crippen LogP contribution in [0.1, 0.15) is 17.3 Å². The highest BCUT2D eigenvalue weighted by Crippen LogP contribution is 1.97. The van der Waals surface area contributed by atoms with Crippen LogP contribution in [0.3, 0.4) is 0 Å². The lowest BCUT2D eigenvalue weighted by molar-refractivity contribution is -0.141. The molecule has 4 nitrogen and oxygen atoms in total. The average molecular weight is 349 g/mol. The smallest absolute Gasteiger partial charge is 0.325 e. The zero-order chi connectivity index (χ0) is 13.1. The molecule has 0 aromatic heterocycles. The number of alkyl halides is 1. The first-order valence-electron chi connectivity index (χ1n) is 5.10. The van der Waals surface area contributed by atoms with Gasteiger partial charge in [0, 0.05) is 5.56 Å². The summed E-state index contributed by atoms with van der Waals surface area (Å²) in [4.78, 5) is 24.3. The summed E-state index contributed by atoms with van der Waals surface area (Å²) < 4.78 is 4.67. The predicted molar refractivity (Wildman–Crippen MR) is 75.4 cm³/mol. The van der Waals surface area contributed by atoms with Crippen LogP contribution in [0, 0.1) is 0 Å². The van der Waals surface area contributed by atoms with Crippen LogP contribution in [-0.4, -0.2) is 30.0 Å². The first kappa shape index (κ1) is 15.9. The van der Waals surface area contributed by atoms with Gasteiger partial charge in [-0.2, -0.15) is 0 Å². The zero-order valence-electron chi connectivity index (χ0n) is 9.90. The first-order valence-corrected chi connectivity index (χ1v) is 7.26. The summed E-state index contributed by atoms with van der Waals surface area (Å²) in [7, 11) is 0. The fourth-order valence-corrected chi connectivity index (χ4v) is 1.06. The van der Waals surface area contributed by atoms with E-state index >= 15 is 0 Å². The van der Waals surface area contributed by atoms with Crippen molar-refractivity contribution < 1.29 is 14.3 Å². The van der Waals surface area contributed by atoms with Crippen LogP contribution in [-0.2, 0) is 9.53 Å². The number of carbonyl (C=O) groups is 2. The van der Waals surface area contributed by atoms with E-state index in [-0.39, 0.29) is 12.5 Å². The molecule has 0 aliphatic heterocycles. The Morgan fingerprint density at radius 2 is 1.82 bits per heavy atom. The molecule has 0 saturated carbocycles. The van der Waals surface area contributed by atoms with E-state index in [1.54, 1.807) is 31.2 Å². The number of ether oxygens (including phenoxy) is 1. The molecule has 0 aliphatic rings. The largest absolute Gasteiger partial charge is 0.465 e. The van der Waals surface area contributed by atoms with E-state index in [1.807, 2.05) is 11.0 Å². The maximum absolute atomic E-state index is 11.4. The van der Waals surface area contributed by atoms with E-state index in [2.05, 4.69) is 32.6 Å². The van der Waals surface area contributed by atoms with Crippen LogP contribution in [0.25, 0.3) is 0 Å². The van der Waals surface area contributed by atoms with E-state index in [0.717, 1.165) is 0 Å². The van der Waals surface area contributed by atoms with E-state index in [1.165, 1.54) is 0 Å². The molecule has 94 valence electrons. The molecule has 0 fully saturated rings. The van der Waals surface area contributed by atoms with Gasteiger partial charge in [-0.1, -0.05) is 40.8 Å². The maximum atomic E-state index is 11.4.